The normalized spacial score (nSPS) is 17.7. The Morgan fingerprint density at radius 2 is 2.11 bits per heavy atom. The number of aryl methyl sites for hydroxylation is 1. The number of benzene rings is 2. The molecule has 1 unspecified atom stereocenters. The average molecular weight is 375 g/mol. The lowest BCUT2D eigenvalue weighted by molar-refractivity contribution is 0.372. The summed E-state index contributed by atoms with van der Waals surface area (Å²) in [5.41, 5.74) is 4.54. The van der Waals surface area contributed by atoms with Crippen LogP contribution in [0, 0.1) is 6.92 Å². The highest BCUT2D eigenvalue weighted by Gasteiger charge is 2.32. The maximum Gasteiger partial charge on any atom is 0.336 e. The van der Waals surface area contributed by atoms with Crippen molar-refractivity contribution in [1.82, 2.24) is 5.01 Å². The highest BCUT2D eigenvalue weighted by atomic mass is 32.2. The van der Waals surface area contributed by atoms with Crippen LogP contribution < -0.4 is 5.63 Å². The van der Waals surface area contributed by atoms with Gasteiger partial charge in [0.25, 0.3) is 0 Å². The molecule has 0 spiro atoms. The van der Waals surface area contributed by atoms with Gasteiger partial charge in [-0.15, -0.1) is 0 Å². The van der Waals surface area contributed by atoms with E-state index in [9.17, 15) is 4.79 Å². The van der Waals surface area contributed by atoms with Crippen LogP contribution in [0.4, 0.5) is 5.69 Å². The fourth-order valence-corrected chi connectivity index (χ4v) is 4.57. The van der Waals surface area contributed by atoms with Gasteiger partial charge in [0, 0.05) is 35.4 Å². The summed E-state index contributed by atoms with van der Waals surface area (Å²) in [6.45, 7) is 1.99. The molecule has 0 saturated carbocycles. The van der Waals surface area contributed by atoms with Crippen molar-refractivity contribution in [2.24, 2.45) is 10.1 Å². The molecule has 27 heavy (non-hydrogen) atoms. The van der Waals surface area contributed by atoms with E-state index in [4.69, 9.17) is 9.41 Å². The molecule has 1 atom stereocenters. The number of hydrogen-bond acceptors (Lipinski definition) is 6. The smallest absolute Gasteiger partial charge is 0.336 e. The molecule has 0 radical (unpaired) electrons. The first kappa shape index (κ1) is 16.3. The van der Waals surface area contributed by atoms with E-state index in [2.05, 4.69) is 11.2 Å². The molecule has 2 aliphatic heterocycles. The Kier molecular flexibility index (Phi) is 3.86. The molecule has 0 saturated heterocycles. The Labute approximate surface area is 160 Å². The second-order valence-electron chi connectivity index (χ2n) is 6.73. The van der Waals surface area contributed by atoms with Crippen molar-refractivity contribution in [2.45, 2.75) is 25.1 Å². The van der Waals surface area contributed by atoms with E-state index in [0.717, 1.165) is 33.8 Å². The number of fused-ring (bicyclic) bond motifs is 4. The number of nitrogens with zero attached hydrogens (tertiary/aromatic N) is 3. The van der Waals surface area contributed by atoms with Crippen LogP contribution >= 0.6 is 11.8 Å². The summed E-state index contributed by atoms with van der Waals surface area (Å²) in [5, 5.41) is 8.33. The molecule has 134 valence electrons. The first-order valence-electron chi connectivity index (χ1n) is 8.84. The van der Waals surface area contributed by atoms with Gasteiger partial charge in [0.05, 0.1) is 11.7 Å². The minimum absolute atomic E-state index is 0.210. The Balaban J connectivity index is 1.50. The van der Waals surface area contributed by atoms with Crippen molar-refractivity contribution in [3.8, 4) is 0 Å². The molecule has 5 rings (SSSR count). The Morgan fingerprint density at radius 1 is 1.22 bits per heavy atom. The van der Waals surface area contributed by atoms with Crippen molar-refractivity contribution in [1.29, 1.82) is 0 Å². The fourth-order valence-electron chi connectivity index (χ4n) is 3.58. The monoisotopic (exact) mass is 375 g/mol. The van der Waals surface area contributed by atoms with Crippen LogP contribution in [0.3, 0.4) is 0 Å². The van der Waals surface area contributed by atoms with Crippen LogP contribution in [-0.2, 0) is 5.75 Å². The Hall–Kier alpha value is -2.86. The van der Waals surface area contributed by atoms with Crippen LogP contribution in [0.1, 0.15) is 29.2 Å². The number of aliphatic imine (C=N–C) groups is 1. The van der Waals surface area contributed by atoms with E-state index in [1.54, 1.807) is 17.8 Å². The number of rotatable bonds is 2. The van der Waals surface area contributed by atoms with Gasteiger partial charge in [0.1, 0.15) is 5.58 Å². The van der Waals surface area contributed by atoms with E-state index in [1.165, 1.54) is 5.56 Å². The van der Waals surface area contributed by atoms with Gasteiger partial charge >= 0.3 is 5.63 Å². The van der Waals surface area contributed by atoms with Crippen molar-refractivity contribution in [3.05, 3.63) is 75.6 Å². The van der Waals surface area contributed by atoms with Gasteiger partial charge in [-0.05, 0) is 30.2 Å². The van der Waals surface area contributed by atoms with E-state index in [0.29, 0.717) is 11.3 Å². The van der Waals surface area contributed by atoms with Gasteiger partial charge in [-0.1, -0.05) is 42.1 Å². The first-order chi connectivity index (χ1) is 13.2. The molecule has 1 aromatic heterocycles. The van der Waals surface area contributed by atoms with Gasteiger partial charge in [-0.25, -0.2) is 14.8 Å². The third kappa shape index (κ3) is 2.86. The molecule has 2 aliphatic rings. The zero-order valence-corrected chi connectivity index (χ0v) is 15.6. The lowest BCUT2D eigenvalue weighted by Crippen LogP contribution is -2.27. The van der Waals surface area contributed by atoms with E-state index in [-0.39, 0.29) is 11.7 Å². The fraction of sp³-hybridized carbons (Fsp3) is 0.190. The Morgan fingerprint density at radius 3 is 3.04 bits per heavy atom. The molecular formula is C21H17N3O2S. The summed E-state index contributed by atoms with van der Waals surface area (Å²) in [6.07, 6.45) is 2.83. The molecule has 0 aliphatic carbocycles. The number of amidine groups is 1. The molecule has 0 bridgehead atoms. The second-order valence-corrected chi connectivity index (χ2v) is 7.67. The molecule has 0 amide bonds. The van der Waals surface area contributed by atoms with Crippen LogP contribution in [0.25, 0.3) is 11.0 Å². The van der Waals surface area contributed by atoms with Gasteiger partial charge in [-0.3, -0.25) is 0 Å². The standard InChI is InChI=1S/C21H17N3O2S/c1-13-6-7-15-14(11-20(25)26-19(15)10-13)12-27-21-23-17-5-3-2-4-16(17)18-8-9-22-24(18)21/h2-7,9-11,18H,8,12H2,1H3. The summed E-state index contributed by atoms with van der Waals surface area (Å²) in [4.78, 5) is 16.8. The van der Waals surface area contributed by atoms with Crippen LogP contribution in [0.2, 0.25) is 0 Å². The summed E-state index contributed by atoms with van der Waals surface area (Å²) < 4.78 is 5.36. The van der Waals surface area contributed by atoms with E-state index < -0.39 is 0 Å². The predicted octanol–water partition coefficient (Wildman–Crippen LogP) is 4.77. The molecule has 0 fully saturated rings. The molecule has 2 aromatic carbocycles. The van der Waals surface area contributed by atoms with Crippen LogP contribution in [0.15, 0.2) is 67.8 Å². The third-order valence-corrected chi connectivity index (χ3v) is 5.87. The molecule has 0 N–H and O–H groups in total. The lowest BCUT2D eigenvalue weighted by atomic mass is 10.0. The largest absolute Gasteiger partial charge is 0.423 e. The minimum atomic E-state index is -0.323. The average Bonchev–Trinajstić information content (AvgIpc) is 3.15. The van der Waals surface area contributed by atoms with Gasteiger partial charge in [-0.2, -0.15) is 5.10 Å². The first-order valence-corrected chi connectivity index (χ1v) is 9.83. The second kappa shape index (κ2) is 6.39. The minimum Gasteiger partial charge on any atom is -0.423 e. The number of para-hydroxylation sites is 1. The molecular weight excluding hydrogens is 358 g/mol. The quantitative estimate of drug-likeness (QED) is 0.606. The highest BCUT2D eigenvalue weighted by molar-refractivity contribution is 8.13. The van der Waals surface area contributed by atoms with E-state index >= 15 is 0 Å². The van der Waals surface area contributed by atoms with Gasteiger partial charge in [0.2, 0.25) is 0 Å². The maximum atomic E-state index is 12.0. The lowest BCUT2D eigenvalue weighted by Gasteiger charge is -2.29. The van der Waals surface area contributed by atoms with Crippen molar-refractivity contribution in [3.63, 3.8) is 0 Å². The van der Waals surface area contributed by atoms with E-state index in [1.807, 2.05) is 54.5 Å². The topological polar surface area (TPSA) is 58.2 Å². The summed E-state index contributed by atoms with van der Waals surface area (Å²) >= 11 is 1.60. The maximum absolute atomic E-state index is 12.0. The number of hydrogen-bond donors (Lipinski definition) is 0. The number of thioether (sulfide) groups is 1. The predicted molar refractivity (Wildman–Crippen MR) is 110 cm³/mol. The van der Waals surface area contributed by atoms with Crippen molar-refractivity contribution in [2.75, 3.05) is 0 Å². The summed E-state index contributed by atoms with van der Waals surface area (Å²) in [7, 11) is 0. The molecule has 6 heteroatoms. The zero-order chi connectivity index (χ0) is 18.4. The van der Waals surface area contributed by atoms with Crippen LogP contribution in [0.5, 0.6) is 0 Å². The van der Waals surface area contributed by atoms with Crippen LogP contribution in [-0.4, -0.2) is 16.4 Å². The molecule has 3 heterocycles. The summed E-state index contributed by atoms with van der Waals surface area (Å²) in [6, 6.07) is 15.9. The van der Waals surface area contributed by atoms with Crippen molar-refractivity contribution < 1.29 is 4.42 Å². The van der Waals surface area contributed by atoms with Crippen molar-refractivity contribution >= 4 is 39.8 Å². The van der Waals surface area contributed by atoms with Gasteiger partial charge < -0.3 is 4.42 Å². The SMILES string of the molecule is Cc1ccc2c(CSC3=Nc4ccccc4C4CC=NN34)cc(=O)oc2c1. The molecule has 5 nitrogen and oxygen atoms in total. The highest BCUT2D eigenvalue weighted by Crippen LogP contribution is 2.41. The third-order valence-electron chi connectivity index (χ3n) is 4.88. The molecule has 3 aromatic rings. The summed E-state index contributed by atoms with van der Waals surface area (Å²) in [5.74, 6) is 0.630. The number of hydrazone groups is 1. The zero-order valence-electron chi connectivity index (χ0n) is 14.8. The van der Waals surface area contributed by atoms with Gasteiger partial charge in [0.15, 0.2) is 5.17 Å². The Bertz CT molecular complexity index is 1170.